The van der Waals surface area contributed by atoms with Crippen molar-refractivity contribution in [3.05, 3.63) is 58.9 Å². The molecule has 0 bridgehead atoms. The van der Waals surface area contributed by atoms with E-state index in [4.69, 9.17) is 5.73 Å². The van der Waals surface area contributed by atoms with Crippen LogP contribution >= 0.6 is 0 Å². The number of amides is 1. The van der Waals surface area contributed by atoms with Gasteiger partial charge in [0.2, 0.25) is 0 Å². The van der Waals surface area contributed by atoms with Crippen LogP contribution in [0.2, 0.25) is 0 Å². The Morgan fingerprint density at radius 3 is 2.55 bits per heavy atom. The molecule has 2 heterocycles. The van der Waals surface area contributed by atoms with Crippen LogP contribution in [-0.2, 0) is 0 Å². The van der Waals surface area contributed by atoms with Crippen molar-refractivity contribution >= 4 is 17.3 Å². The first-order chi connectivity index (χ1) is 14.6. The first-order valence-electron chi connectivity index (χ1n) is 10.2. The van der Waals surface area contributed by atoms with E-state index in [9.17, 15) is 23.1 Å². The molecule has 0 saturated carbocycles. The van der Waals surface area contributed by atoms with Gasteiger partial charge in [0.1, 0.15) is 11.4 Å². The van der Waals surface area contributed by atoms with E-state index >= 15 is 0 Å². The SMILES string of the molecule is Cc1ccc(Nc2c(C(=O)N3CC(O)(C4(N)CCCCN4)C3)ccc(F)c2F)c(F)c1. The number of aryl methyl sites for hydroxylation is 1. The summed E-state index contributed by atoms with van der Waals surface area (Å²) < 4.78 is 42.8. The molecule has 2 aromatic rings. The van der Waals surface area contributed by atoms with Gasteiger partial charge in [0.15, 0.2) is 11.6 Å². The van der Waals surface area contributed by atoms with E-state index < -0.39 is 40.3 Å². The lowest BCUT2D eigenvalue weighted by molar-refractivity contribution is -0.146. The Hall–Kier alpha value is -2.62. The van der Waals surface area contributed by atoms with Crippen LogP contribution in [0.5, 0.6) is 0 Å². The first-order valence-corrected chi connectivity index (χ1v) is 10.2. The van der Waals surface area contributed by atoms with E-state index in [2.05, 4.69) is 10.6 Å². The molecule has 166 valence electrons. The maximum atomic E-state index is 14.6. The zero-order valence-corrected chi connectivity index (χ0v) is 17.1. The number of aliphatic hydroxyl groups is 1. The summed E-state index contributed by atoms with van der Waals surface area (Å²) in [7, 11) is 0. The zero-order valence-electron chi connectivity index (χ0n) is 17.1. The summed E-state index contributed by atoms with van der Waals surface area (Å²) in [5, 5.41) is 16.6. The molecule has 1 amide bonds. The van der Waals surface area contributed by atoms with Crippen molar-refractivity contribution < 1.29 is 23.1 Å². The van der Waals surface area contributed by atoms with E-state index in [1.54, 1.807) is 13.0 Å². The van der Waals surface area contributed by atoms with E-state index in [-0.39, 0.29) is 24.3 Å². The fourth-order valence-electron chi connectivity index (χ4n) is 4.21. The smallest absolute Gasteiger partial charge is 0.256 e. The molecule has 0 spiro atoms. The molecule has 1 unspecified atom stereocenters. The lowest BCUT2D eigenvalue weighted by atomic mass is 9.76. The highest BCUT2D eigenvalue weighted by Gasteiger charge is 2.57. The Kier molecular flexibility index (Phi) is 5.45. The van der Waals surface area contributed by atoms with Gasteiger partial charge in [0.25, 0.3) is 5.91 Å². The van der Waals surface area contributed by atoms with Gasteiger partial charge in [-0.05, 0) is 62.6 Å². The number of piperidine rings is 1. The molecule has 2 aliphatic rings. The Bertz CT molecular complexity index is 1020. The predicted octanol–water partition coefficient (Wildman–Crippen LogP) is 2.77. The molecule has 5 N–H and O–H groups in total. The van der Waals surface area contributed by atoms with Crippen LogP contribution in [0.1, 0.15) is 35.2 Å². The quantitative estimate of drug-likeness (QED) is 0.594. The van der Waals surface area contributed by atoms with Crippen LogP contribution in [0.3, 0.4) is 0 Å². The van der Waals surface area contributed by atoms with E-state index in [1.807, 2.05) is 0 Å². The number of nitrogens with one attached hydrogen (secondary N) is 2. The summed E-state index contributed by atoms with van der Waals surface area (Å²) in [4.78, 5) is 14.4. The number of nitrogens with two attached hydrogens (primary N) is 1. The largest absolute Gasteiger partial charge is 0.383 e. The minimum Gasteiger partial charge on any atom is -0.383 e. The number of hydrogen-bond donors (Lipinski definition) is 4. The van der Waals surface area contributed by atoms with Crippen molar-refractivity contribution in [2.45, 2.75) is 37.5 Å². The third kappa shape index (κ3) is 3.77. The number of nitrogens with zero attached hydrogens (tertiary/aromatic N) is 1. The molecule has 6 nitrogen and oxygen atoms in total. The summed E-state index contributed by atoms with van der Waals surface area (Å²) in [6, 6.07) is 6.23. The average molecular weight is 434 g/mol. The molecule has 0 radical (unpaired) electrons. The molecule has 0 aromatic heterocycles. The first kappa shape index (κ1) is 21.6. The molecule has 2 fully saturated rings. The fraction of sp³-hybridized carbons (Fsp3) is 0.409. The number of hydrogen-bond acceptors (Lipinski definition) is 5. The van der Waals surface area contributed by atoms with Crippen molar-refractivity contribution in [3.63, 3.8) is 0 Å². The van der Waals surface area contributed by atoms with Gasteiger partial charge in [0.05, 0.1) is 35.7 Å². The molecule has 2 aliphatic heterocycles. The normalized spacial score (nSPS) is 22.7. The molecule has 1 atom stereocenters. The highest BCUT2D eigenvalue weighted by molar-refractivity contribution is 6.01. The van der Waals surface area contributed by atoms with Crippen LogP contribution in [0.25, 0.3) is 0 Å². The molecule has 0 aliphatic carbocycles. The topological polar surface area (TPSA) is 90.6 Å². The minimum atomic E-state index is -1.32. The van der Waals surface area contributed by atoms with Crippen LogP contribution in [0.15, 0.2) is 30.3 Å². The van der Waals surface area contributed by atoms with Gasteiger partial charge >= 0.3 is 0 Å². The highest BCUT2D eigenvalue weighted by Crippen LogP contribution is 2.36. The van der Waals surface area contributed by atoms with Crippen LogP contribution in [0, 0.1) is 24.4 Å². The molecule has 9 heteroatoms. The number of rotatable bonds is 4. The molecular formula is C22H25F3N4O2. The van der Waals surface area contributed by atoms with E-state index in [0.29, 0.717) is 18.5 Å². The maximum Gasteiger partial charge on any atom is 0.256 e. The summed E-state index contributed by atoms with van der Waals surface area (Å²) in [5.74, 6) is -3.73. The molecule has 2 saturated heterocycles. The van der Waals surface area contributed by atoms with Crippen LogP contribution < -0.4 is 16.4 Å². The van der Waals surface area contributed by atoms with Crippen molar-refractivity contribution in [3.8, 4) is 0 Å². The third-order valence-corrected chi connectivity index (χ3v) is 6.17. The molecular weight excluding hydrogens is 409 g/mol. The van der Waals surface area contributed by atoms with Crippen molar-refractivity contribution in [2.24, 2.45) is 5.73 Å². The van der Waals surface area contributed by atoms with Gasteiger partial charge in [-0.3, -0.25) is 10.1 Å². The average Bonchev–Trinajstić information content (AvgIpc) is 2.71. The number of β-amino-alcohol motifs (C(OH)–C–C–N with tert-alkyl or cyclic N) is 1. The van der Waals surface area contributed by atoms with Crippen molar-refractivity contribution in [1.82, 2.24) is 10.2 Å². The number of benzene rings is 2. The van der Waals surface area contributed by atoms with E-state index in [0.717, 1.165) is 25.0 Å². The van der Waals surface area contributed by atoms with Gasteiger partial charge in [-0.15, -0.1) is 0 Å². The lowest BCUT2D eigenvalue weighted by Crippen LogP contribution is -2.81. The Labute approximate surface area is 178 Å². The van der Waals surface area contributed by atoms with Gasteiger partial charge in [-0.25, -0.2) is 13.2 Å². The van der Waals surface area contributed by atoms with E-state index in [1.165, 1.54) is 17.0 Å². The summed E-state index contributed by atoms with van der Waals surface area (Å²) in [6.07, 6.45) is 2.38. The van der Waals surface area contributed by atoms with Crippen molar-refractivity contribution in [1.29, 1.82) is 0 Å². The van der Waals surface area contributed by atoms with Gasteiger partial charge < -0.3 is 21.1 Å². The van der Waals surface area contributed by atoms with Gasteiger partial charge in [0, 0.05) is 0 Å². The second-order valence-corrected chi connectivity index (χ2v) is 8.44. The molecule has 2 aromatic carbocycles. The second-order valence-electron chi connectivity index (χ2n) is 8.44. The number of halogens is 3. The number of carbonyl (C=O) groups is 1. The molecule has 4 rings (SSSR count). The Morgan fingerprint density at radius 1 is 1.16 bits per heavy atom. The van der Waals surface area contributed by atoms with Gasteiger partial charge in [-0.1, -0.05) is 6.07 Å². The Morgan fingerprint density at radius 2 is 1.90 bits per heavy atom. The second kappa shape index (κ2) is 7.81. The minimum absolute atomic E-state index is 0.0489. The maximum absolute atomic E-state index is 14.6. The number of carbonyl (C=O) groups excluding carboxylic acids is 1. The van der Waals surface area contributed by atoms with Crippen molar-refractivity contribution in [2.75, 3.05) is 25.0 Å². The standard InChI is InChI=1S/C22H25F3N4O2/c1-13-4-7-17(16(24)10-13)28-19-14(5-6-15(23)18(19)25)20(30)29-11-21(31,12-29)22(26)8-2-3-9-27-22/h4-7,10,27-28,31H,2-3,8-9,11-12,26H2,1H3. The summed E-state index contributed by atoms with van der Waals surface area (Å²) >= 11 is 0. The fourth-order valence-corrected chi connectivity index (χ4v) is 4.21. The number of likely N-dealkylation sites (tertiary alicyclic amines) is 1. The Balaban J connectivity index is 1.58. The van der Waals surface area contributed by atoms with Crippen LogP contribution in [-0.4, -0.2) is 46.8 Å². The number of anilines is 2. The predicted molar refractivity (Wildman–Crippen MR) is 110 cm³/mol. The summed E-state index contributed by atoms with van der Waals surface area (Å²) in [6.45, 7) is 2.27. The highest BCUT2D eigenvalue weighted by atomic mass is 19.2. The van der Waals surface area contributed by atoms with Gasteiger partial charge in [-0.2, -0.15) is 0 Å². The third-order valence-electron chi connectivity index (χ3n) is 6.17. The lowest BCUT2D eigenvalue weighted by Gasteiger charge is -2.56. The molecule has 31 heavy (non-hydrogen) atoms. The van der Waals surface area contributed by atoms with Crippen LogP contribution in [0.4, 0.5) is 24.5 Å². The zero-order chi connectivity index (χ0) is 22.4. The summed E-state index contributed by atoms with van der Waals surface area (Å²) in [5.41, 5.74) is 3.96. The monoisotopic (exact) mass is 434 g/mol.